The molecule has 0 aliphatic rings. The first-order valence-electron chi connectivity index (χ1n) is 18.4. The van der Waals surface area contributed by atoms with Gasteiger partial charge in [-0.15, -0.1) is 0 Å². The second-order valence-electron chi connectivity index (χ2n) is 13.8. The van der Waals surface area contributed by atoms with Crippen LogP contribution in [0.5, 0.6) is 0 Å². The first-order chi connectivity index (χ1) is 28.1. The lowest BCUT2D eigenvalue weighted by Crippen LogP contribution is -2.29. The Kier molecular flexibility index (Phi) is 14.3. The van der Waals surface area contributed by atoms with Gasteiger partial charge in [0.15, 0.2) is 0 Å². The van der Waals surface area contributed by atoms with Crippen LogP contribution in [0.3, 0.4) is 0 Å². The molecule has 0 amide bonds. The Balaban J connectivity index is 0.000000158. The Labute approximate surface area is 375 Å². The van der Waals surface area contributed by atoms with Gasteiger partial charge in [-0.3, -0.25) is 9.97 Å². The van der Waals surface area contributed by atoms with Crippen LogP contribution in [0.25, 0.3) is 77.5 Å². The summed E-state index contributed by atoms with van der Waals surface area (Å²) in [5.74, 6) is 0. The molecule has 0 bridgehead atoms. The molecule has 0 spiro atoms. The van der Waals surface area contributed by atoms with Crippen LogP contribution in [0.15, 0.2) is 180 Å². The number of hydrogen-bond donors (Lipinski definition) is 2. The van der Waals surface area contributed by atoms with Crippen LogP contribution in [0, 0.1) is 13.8 Å². The molecule has 4 heterocycles. The van der Waals surface area contributed by atoms with Crippen molar-refractivity contribution in [3.8, 4) is 33.6 Å². The molecule has 10 aromatic rings. The second kappa shape index (κ2) is 19.4. The van der Waals surface area contributed by atoms with Crippen molar-refractivity contribution in [2.45, 2.75) is 28.7 Å². The van der Waals surface area contributed by atoms with Crippen molar-refractivity contribution in [3.05, 3.63) is 183 Å². The number of halogens is 3. The van der Waals surface area contributed by atoms with E-state index in [1.54, 1.807) is 18.2 Å². The van der Waals surface area contributed by atoms with Crippen LogP contribution in [0.1, 0.15) is 26.0 Å². The number of hydrogen-bond acceptors (Lipinski definition) is 6. The van der Waals surface area contributed by atoms with Crippen molar-refractivity contribution in [2.24, 2.45) is 0 Å². The molecule has 6 nitrogen and oxygen atoms in total. The van der Waals surface area contributed by atoms with Crippen molar-refractivity contribution in [1.82, 2.24) is 9.97 Å². The number of aryl methyl sites for hydroxylation is 2. The summed E-state index contributed by atoms with van der Waals surface area (Å²) in [7, 11) is -1.45. The highest BCUT2D eigenvalue weighted by Crippen LogP contribution is 2.36. The Hall–Kier alpha value is -5.36. The Morgan fingerprint density at radius 3 is 1.42 bits per heavy atom. The smallest absolute Gasteiger partial charge is 0.456 e. The van der Waals surface area contributed by atoms with Gasteiger partial charge in [-0.05, 0) is 120 Å². The van der Waals surface area contributed by atoms with Gasteiger partial charge in [0.2, 0.25) is 0 Å². The van der Waals surface area contributed by atoms with E-state index in [4.69, 9.17) is 18.9 Å². The van der Waals surface area contributed by atoms with E-state index in [-0.39, 0.29) is 14.9 Å². The summed E-state index contributed by atoms with van der Waals surface area (Å²) in [6.45, 7) is 4.16. The zero-order valence-corrected chi connectivity index (χ0v) is 36.1. The van der Waals surface area contributed by atoms with Gasteiger partial charge in [-0.1, -0.05) is 129 Å². The summed E-state index contributed by atoms with van der Waals surface area (Å²) >= 11 is 10.6. The number of benzene rings is 6. The van der Waals surface area contributed by atoms with E-state index in [9.17, 15) is 0 Å². The highest BCUT2D eigenvalue weighted by Gasteiger charge is 2.14. The van der Waals surface area contributed by atoms with E-state index < -0.39 is 7.12 Å². The number of rotatable bonds is 4. The third kappa shape index (κ3) is 9.65. The van der Waals surface area contributed by atoms with Gasteiger partial charge in [-0.2, -0.15) is 0 Å². The molecule has 2 N–H and O–H groups in total. The van der Waals surface area contributed by atoms with Crippen LogP contribution in [0.2, 0.25) is 0 Å². The predicted molar refractivity (Wildman–Crippen MR) is 262 cm³/mol. The normalized spacial score (nSPS) is 10.7. The number of fused-ring (bicyclic) bond motifs is 6. The Morgan fingerprint density at radius 2 is 0.883 bits per heavy atom. The molecular formula is C50H42BBr3N2O4. The minimum Gasteiger partial charge on any atom is -0.456 e. The van der Waals surface area contributed by atoms with E-state index >= 15 is 0 Å². The molecule has 0 saturated carbocycles. The maximum Gasteiger partial charge on any atom is 0.488 e. The zero-order valence-electron chi connectivity index (χ0n) is 31.3. The first-order valence-corrected chi connectivity index (χ1v) is 20.8. The standard InChI is InChI=1S/C24H16BrNO.C12H9BO3.C12H9Br2N.2CH4/c1-15-5-4-10-26-24(15)18-11-17(12-19(25)13-18)16-8-9-23-21(14-16)20-6-2-3-7-22(20)27-23;14-13(15)8-5-6-12-10(7-8)9-3-1-2-4-11(9)16-12;1-8-3-2-4-15-12(8)9-5-10(13)7-11(14)6-9;;/h2-14H,1H3;1-7,14-15H;2-7H,1H3;2*1H4. The largest absolute Gasteiger partial charge is 0.488 e. The molecule has 10 rings (SSSR count). The molecule has 0 unspecified atom stereocenters. The summed E-state index contributed by atoms with van der Waals surface area (Å²) in [4.78, 5) is 8.96. The lowest BCUT2D eigenvalue weighted by atomic mass is 9.80. The third-order valence-corrected chi connectivity index (χ3v) is 11.1. The zero-order chi connectivity index (χ0) is 40.3. The van der Waals surface area contributed by atoms with Gasteiger partial charge in [0.05, 0.1) is 11.4 Å². The molecule has 300 valence electrons. The van der Waals surface area contributed by atoms with Crippen LogP contribution >= 0.6 is 47.8 Å². The van der Waals surface area contributed by atoms with Crippen molar-refractivity contribution in [1.29, 1.82) is 0 Å². The average molecular weight is 985 g/mol. The molecular weight excluding hydrogens is 943 g/mol. The van der Waals surface area contributed by atoms with Crippen LogP contribution in [-0.2, 0) is 0 Å². The molecule has 4 aromatic heterocycles. The minimum absolute atomic E-state index is 0. The summed E-state index contributed by atoms with van der Waals surface area (Å²) in [6, 6.07) is 48.1. The molecule has 0 fully saturated rings. The van der Waals surface area contributed by atoms with E-state index in [1.165, 1.54) is 5.56 Å². The van der Waals surface area contributed by atoms with Crippen molar-refractivity contribution in [2.75, 3.05) is 0 Å². The van der Waals surface area contributed by atoms with Gasteiger partial charge in [0, 0.05) is 58.5 Å². The van der Waals surface area contributed by atoms with Crippen LogP contribution in [-0.4, -0.2) is 27.1 Å². The van der Waals surface area contributed by atoms with Gasteiger partial charge in [0.1, 0.15) is 22.3 Å². The fraction of sp³-hybridized carbons (Fsp3) is 0.0800. The summed E-state index contributed by atoms with van der Waals surface area (Å²) in [5.41, 5.74) is 12.8. The molecule has 6 aromatic carbocycles. The van der Waals surface area contributed by atoms with E-state index in [0.29, 0.717) is 5.46 Å². The molecule has 0 radical (unpaired) electrons. The molecule has 0 aliphatic heterocycles. The highest BCUT2D eigenvalue weighted by molar-refractivity contribution is 9.11. The maximum atomic E-state index is 9.12. The summed E-state index contributed by atoms with van der Waals surface area (Å²) < 4.78 is 14.7. The van der Waals surface area contributed by atoms with Gasteiger partial charge in [-0.25, -0.2) is 0 Å². The van der Waals surface area contributed by atoms with E-state index in [1.807, 2.05) is 73.1 Å². The average Bonchev–Trinajstić information content (AvgIpc) is 3.79. The molecule has 60 heavy (non-hydrogen) atoms. The number of furan rings is 2. The lowest BCUT2D eigenvalue weighted by Gasteiger charge is -2.09. The third-order valence-electron chi connectivity index (χ3n) is 9.74. The summed E-state index contributed by atoms with van der Waals surface area (Å²) in [6.07, 6.45) is 3.66. The molecule has 0 atom stereocenters. The minimum atomic E-state index is -1.45. The maximum absolute atomic E-state index is 9.12. The first kappa shape index (κ1) is 44.2. The van der Waals surface area contributed by atoms with E-state index in [2.05, 4.69) is 138 Å². The fourth-order valence-electron chi connectivity index (χ4n) is 6.97. The topological polar surface area (TPSA) is 92.5 Å². The fourth-order valence-corrected chi connectivity index (χ4v) is 8.76. The predicted octanol–water partition coefficient (Wildman–Crippen LogP) is 14.5. The quantitative estimate of drug-likeness (QED) is 0.171. The van der Waals surface area contributed by atoms with Crippen molar-refractivity contribution >= 4 is 104 Å². The SMILES string of the molecule is C.C.Cc1cccnc1-c1cc(Br)cc(-c2ccc3oc4ccccc4c3c2)c1.Cc1cccnc1-c1cc(Br)cc(Br)c1.OB(O)c1ccc2oc3ccccc3c2c1. The summed E-state index contributed by atoms with van der Waals surface area (Å²) in [5, 5.41) is 22.4. The van der Waals surface area contributed by atoms with Crippen LogP contribution in [0.4, 0.5) is 0 Å². The Bertz CT molecular complexity index is 3070. The van der Waals surface area contributed by atoms with Crippen LogP contribution < -0.4 is 5.46 Å². The lowest BCUT2D eigenvalue weighted by molar-refractivity contribution is 0.426. The number of nitrogens with zero attached hydrogens (tertiary/aromatic N) is 2. The monoisotopic (exact) mass is 982 g/mol. The number of aromatic nitrogens is 2. The molecule has 0 aliphatic carbocycles. The number of para-hydroxylation sites is 2. The van der Waals surface area contributed by atoms with Gasteiger partial charge < -0.3 is 18.9 Å². The molecule has 10 heteroatoms. The number of pyridine rings is 2. The van der Waals surface area contributed by atoms with Crippen molar-refractivity contribution < 1.29 is 18.9 Å². The molecule has 0 saturated heterocycles. The second-order valence-corrected chi connectivity index (χ2v) is 16.5. The Morgan fingerprint density at radius 1 is 0.433 bits per heavy atom. The highest BCUT2D eigenvalue weighted by atomic mass is 79.9. The van der Waals surface area contributed by atoms with E-state index in [0.717, 1.165) is 96.5 Å². The van der Waals surface area contributed by atoms with Gasteiger partial charge in [0.25, 0.3) is 0 Å². The van der Waals surface area contributed by atoms with Gasteiger partial charge >= 0.3 is 7.12 Å². The van der Waals surface area contributed by atoms with Crippen molar-refractivity contribution in [3.63, 3.8) is 0 Å².